The van der Waals surface area contributed by atoms with Gasteiger partial charge in [0.2, 0.25) is 5.91 Å². The molecule has 1 aromatic rings. The van der Waals surface area contributed by atoms with Crippen LogP contribution in [0.5, 0.6) is 0 Å². The maximum atomic E-state index is 12.5. The summed E-state index contributed by atoms with van der Waals surface area (Å²) >= 11 is 1.44. The fourth-order valence-corrected chi connectivity index (χ4v) is 4.36. The van der Waals surface area contributed by atoms with Crippen molar-refractivity contribution in [3.05, 3.63) is 16.5 Å². The topological polar surface area (TPSA) is 58.6 Å². The summed E-state index contributed by atoms with van der Waals surface area (Å²) in [6.45, 7) is 5.68. The number of thiophene rings is 1. The van der Waals surface area contributed by atoms with Crippen LogP contribution < -0.4 is 5.32 Å². The second-order valence-electron chi connectivity index (χ2n) is 6.75. The van der Waals surface area contributed by atoms with Crippen molar-refractivity contribution in [1.82, 2.24) is 4.90 Å². The third-order valence-electron chi connectivity index (χ3n) is 4.86. The Kier molecular flexibility index (Phi) is 5.56. The summed E-state index contributed by atoms with van der Waals surface area (Å²) in [5, 5.41) is 5.60. The van der Waals surface area contributed by atoms with E-state index in [1.54, 1.807) is 6.92 Å². The Morgan fingerprint density at radius 2 is 2.12 bits per heavy atom. The number of nitrogens with one attached hydrogen (secondary N) is 1. The Labute approximate surface area is 147 Å². The van der Waals surface area contributed by atoms with Gasteiger partial charge in [-0.2, -0.15) is 0 Å². The Hall–Kier alpha value is -1.40. The predicted molar refractivity (Wildman–Crippen MR) is 95.8 cm³/mol. The molecule has 2 fully saturated rings. The zero-order chi connectivity index (χ0) is 17.1. The number of piperidine rings is 1. The van der Waals surface area contributed by atoms with Crippen molar-refractivity contribution in [1.29, 1.82) is 0 Å². The normalized spacial score (nSPS) is 21.5. The van der Waals surface area contributed by atoms with Crippen molar-refractivity contribution in [2.75, 3.05) is 25.0 Å². The van der Waals surface area contributed by atoms with E-state index in [4.69, 9.17) is 4.74 Å². The highest BCUT2D eigenvalue weighted by Gasteiger charge is 2.32. The second-order valence-corrected chi connectivity index (χ2v) is 7.63. The fourth-order valence-electron chi connectivity index (χ4n) is 3.31. The monoisotopic (exact) mass is 350 g/mol. The molecule has 2 heterocycles. The smallest absolute Gasteiger partial charge is 0.341 e. The molecule has 0 aromatic carbocycles. The molecule has 6 heteroatoms. The van der Waals surface area contributed by atoms with Crippen LogP contribution in [-0.2, 0) is 9.53 Å². The van der Waals surface area contributed by atoms with Gasteiger partial charge in [-0.1, -0.05) is 6.42 Å². The van der Waals surface area contributed by atoms with Gasteiger partial charge in [0.05, 0.1) is 18.7 Å². The number of esters is 1. The van der Waals surface area contributed by atoms with Crippen LogP contribution >= 0.6 is 11.3 Å². The van der Waals surface area contributed by atoms with Crippen LogP contribution in [-0.4, -0.2) is 42.5 Å². The molecular weight excluding hydrogens is 324 g/mol. The van der Waals surface area contributed by atoms with Gasteiger partial charge in [0.1, 0.15) is 5.00 Å². The highest BCUT2D eigenvalue weighted by Crippen LogP contribution is 2.46. The average Bonchev–Trinajstić information content (AvgIpc) is 3.31. The summed E-state index contributed by atoms with van der Waals surface area (Å²) in [5.74, 6) is 0.0919. The van der Waals surface area contributed by atoms with E-state index in [1.807, 2.05) is 5.38 Å². The number of hydrogen-bond acceptors (Lipinski definition) is 5. The third kappa shape index (κ3) is 3.98. The zero-order valence-electron chi connectivity index (χ0n) is 14.5. The molecule has 1 saturated carbocycles. The number of likely N-dealkylation sites (tertiary alicyclic amines) is 1. The lowest BCUT2D eigenvalue weighted by Crippen LogP contribution is -2.42. The molecule has 1 saturated heterocycles. The average molecular weight is 350 g/mol. The maximum Gasteiger partial charge on any atom is 0.341 e. The Morgan fingerprint density at radius 3 is 2.79 bits per heavy atom. The number of anilines is 1. The lowest BCUT2D eigenvalue weighted by molar-refractivity contribution is -0.118. The largest absolute Gasteiger partial charge is 0.462 e. The highest BCUT2D eigenvalue weighted by molar-refractivity contribution is 7.15. The minimum atomic E-state index is -0.317. The molecule has 0 unspecified atom stereocenters. The number of nitrogens with zero attached hydrogens (tertiary/aromatic N) is 1. The summed E-state index contributed by atoms with van der Waals surface area (Å²) in [6.07, 6.45) is 5.76. The van der Waals surface area contributed by atoms with Crippen molar-refractivity contribution >= 4 is 28.2 Å². The van der Waals surface area contributed by atoms with Crippen LogP contribution in [0.4, 0.5) is 5.00 Å². The molecule has 5 nitrogen and oxygen atoms in total. The Morgan fingerprint density at radius 1 is 1.33 bits per heavy atom. The summed E-state index contributed by atoms with van der Waals surface area (Å²) < 4.78 is 5.20. The first-order chi connectivity index (χ1) is 11.6. The van der Waals surface area contributed by atoms with Gasteiger partial charge in [0, 0.05) is 6.04 Å². The van der Waals surface area contributed by atoms with Crippen LogP contribution in [0, 0.1) is 0 Å². The first kappa shape index (κ1) is 17.4. The molecule has 1 aliphatic heterocycles. The summed E-state index contributed by atoms with van der Waals surface area (Å²) in [6, 6.07) is 0.444. The van der Waals surface area contributed by atoms with Crippen LogP contribution in [0.15, 0.2) is 5.38 Å². The van der Waals surface area contributed by atoms with Crippen molar-refractivity contribution in [2.45, 2.75) is 57.9 Å². The molecule has 132 valence electrons. The van der Waals surface area contributed by atoms with Crippen molar-refractivity contribution in [3.8, 4) is 0 Å². The van der Waals surface area contributed by atoms with Crippen molar-refractivity contribution in [3.63, 3.8) is 0 Å². The van der Waals surface area contributed by atoms with Crippen molar-refractivity contribution in [2.24, 2.45) is 0 Å². The minimum Gasteiger partial charge on any atom is -0.462 e. The predicted octanol–water partition coefficient (Wildman–Crippen LogP) is 3.62. The zero-order valence-corrected chi connectivity index (χ0v) is 15.3. The molecule has 1 N–H and O–H groups in total. The SMILES string of the molecule is CCOC(=O)c1c(C2CC2)csc1NC(=O)CN1CCCC[C@@H]1C. The standard InChI is InChI=1S/C18H26N2O3S/c1-3-23-18(22)16-14(13-7-8-13)11-24-17(16)19-15(21)10-20-9-5-4-6-12(20)2/h11-13H,3-10H2,1-2H3,(H,19,21)/t12-/m0/s1. The molecule has 1 amide bonds. The van der Waals surface area contributed by atoms with Gasteiger partial charge in [-0.25, -0.2) is 4.79 Å². The lowest BCUT2D eigenvalue weighted by Gasteiger charge is -2.32. The van der Waals surface area contributed by atoms with Gasteiger partial charge < -0.3 is 10.1 Å². The second kappa shape index (κ2) is 7.66. The van der Waals surface area contributed by atoms with Gasteiger partial charge in [0.15, 0.2) is 0 Å². The van der Waals surface area contributed by atoms with Crippen LogP contribution in [0.25, 0.3) is 0 Å². The van der Waals surface area contributed by atoms with Gasteiger partial charge in [-0.05, 0) is 62.9 Å². The number of amides is 1. The number of rotatable bonds is 6. The van der Waals surface area contributed by atoms with Crippen LogP contribution in [0.3, 0.4) is 0 Å². The molecule has 24 heavy (non-hydrogen) atoms. The van der Waals surface area contributed by atoms with E-state index < -0.39 is 0 Å². The molecule has 2 aliphatic rings. The highest BCUT2D eigenvalue weighted by atomic mass is 32.1. The number of carbonyl (C=O) groups excluding carboxylic acids is 2. The first-order valence-corrected chi connectivity index (χ1v) is 9.80. The molecule has 1 aromatic heterocycles. The lowest BCUT2D eigenvalue weighted by atomic mass is 10.0. The van der Waals surface area contributed by atoms with Gasteiger partial charge >= 0.3 is 5.97 Å². The van der Waals surface area contributed by atoms with E-state index >= 15 is 0 Å². The quantitative estimate of drug-likeness (QED) is 0.796. The van der Waals surface area contributed by atoms with Crippen molar-refractivity contribution < 1.29 is 14.3 Å². The summed E-state index contributed by atoms with van der Waals surface area (Å²) in [5.41, 5.74) is 1.62. The molecule has 3 rings (SSSR count). The minimum absolute atomic E-state index is 0.0431. The van der Waals surface area contributed by atoms with Crippen LogP contribution in [0.1, 0.15) is 67.8 Å². The molecular formula is C18H26N2O3S. The number of hydrogen-bond donors (Lipinski definition) is 1. The molecule has 1 atom stereocenters. The maximum absolute atomic E-state index is 12.5. The summed E-state index contributed by atoms with van der Waals surface area (Å²) in [7, 11) is 0. The first-order valence-electron chi connectivity index (χ1n) is 8.92. The molecule has 0 spiro atoms. The van der Waals surface area contributed by atoms with E-state index in [0.717, 1.165) is 37.8 Å². The summed E-state index contributed by atoms with van der Waals surface area (Å²) in [4.78, 5) is 27.0. The third-order valence-corrected chi connectivity index (χ3v) is 5.77. The molecule has 0 radical (unpaired) electrons. The van der Waals surface area contributed by atoms with E-state index in [0.29, 0.717) is 35.7 Å². The van der Waals surface area contributed by atoms with E-state index in [9.17, 15) is 9.59 Å². The Balaban J connectivity index is 1.69. The van der Waals surface area contributed by atoms with E-state index in [-0.39, 0.29) is 11.9 Å². The fraction of sp³-hybridized carbons (Fsp3) is 0.667. The van der Waals surface area contributed by atoms with Gasteiger partial charge in [-0.15, -0.1) is 11.3 Å². The van der Waals surface area contributed by atoms with E-state index in [2.05, 4.69) is 17.1 Å². The number of carbonyl (C=O) groups is 2. The van der Waals surface area contributed by atoms with Gasteiger partial charge in [0.25, 0.3) is 0 Å². The Bertz CT molecular complexity index is 609. The van der Waals surface area contributed by atoms with E-state index in [1.165, 1.54) is 17.8 Å². The van der Waals surface area contributed by atoms with Crippen LogP contribution in [0.2, 0.25) is 0 Å². The molecule has 1 aliphatic carbocycles. The number of ether oxygens (including phenoxy) is 1. The van der Waals surface area contributed by atoms with Gasteiger partial charge in [-0.3, -0.25) is 9.69 Å². The molecule has 0 bridgehead atoms.